The molecule has 0 nitrogen and oxygen atoms in total. The van der Waals surface area contributed by atoms with Gasteiger partial charge in [-0.15, -0.1) is 0 Å². The third kappa shape index (κ3) is 8.64. The van der Waals surface area contributed by atoms with E-state index in [4.69, 9.17) is 0 Å². The first-order chi connectivity index (χ1) is 45.4. The maximum Gasteiger partial charge on any atom is -0.00255 e. The van der Waals surface area contributed by atoms with E-state index < -0.39 is 0 Å². The molecule has 0 amide bonds. The molecule has 0 N–H and O–H groups in total. The summed E-state index contributed by atoms with van der Waals surface area (Å²) < 4.78 is 0. The van der Waals surface area contributed by atoms with Crippen LogP contribution in [0.1, 0.15) is 362 Å². The van der Waals surface area contributed by atoms with Crippen molar-refractivity contribution in [2.24, 2.45) is 0 Å². The second kappa shape index (κ2) is 18.7. The Morgan fingerprint density at radius 3 is 0.420 bits per heavy atom. The van der Waals surface area contributed by atoms with Crippen molar-refractivity contribution in [1.82, 2.24) is 0 Å². The summed E-state index contributed by atoms with van der Waals surface area (Å²) >= 11 is 0. The Morgan fingerprint density at radius 2 is 0.290 bits per heavy atom. The third-order valence-electron chi connectivity index (χ3n) is 29.5. The van der Waals surface area contributed by atoms with Crippen LogP contribution < -0.4 is 0 Å². The molecule has 0 spiro atoms. The average molecular weight is 1330 g/mol. The first-order valence-electron chi connectivity index (χ1n) is 39.6. The molecule has 0 atom stereocenters. The van der Waals surface area contributed by atoms with Crippen LogP contribution in [0.25, 0.3) is 87.6 Å². The summed E-state index contributed by atoms with van der Waals surface area (Å²) in [6.07, 6.45) is 9.04. The lowest BCUT2D eigenvalue weighted by molar-refractivity contribution is 0.395. The minimum atomic E-state index is -0.0378. The van der Waals surface area contributed by atoms with Crippen LogP contribution in [0.3, 0.4) is 0 Å². The van der Waals surface area contributed by atoms with Crippen LogP contribution in [-0.2, 0) is 86.6 Å². The Labute approximate surface area is 605 Å². The summed E-state index contributed by atoms with van der Waals surface area (Å²) in [6.45, 7) is 82.5. The third-order valence-corrected chi connectivity index (χ3v) is 29.5. The lowest BCUT2D eigenvalue weighted by atomic mass is 9.72. The minimum absolute atomic E-state index is 0.0268. The molecule has 0 saturated carbocycles. The van der Waals surface area contributed by atoms with Crippen molar-refractivity contribution in [1.29, 1.82) is 0 Å². The maximum atomic E-state index is 2.81. The summed E-state index contributed by atoms with van der Waals surface area (Å²) in [5.74, 6) is 0. The molecular formula is C100H124. The quantitative estimate of drug-likeness (QED) is 0.122. The largest absolute Gasteiger partial charge is 0.0558 e. The van der Waals surface area contributed by atoms with Crippen LogP contribution >= 0.6 is 0 Å². The Hall–Kier alpha value is -5.72. The van der Waals surface area contributed by atoms with E-state index in [-0.39, 0.29) is 86.6 Å². The smallest absolute Gasteiger partial charge is 0.00255 e. The lowest BCUT2D eigenvalue weighted by Crippen LogP contribution is -2.20. The molecule has 8 aliphatic rings. The van der Waals surface area contributed by atoms with E-state index in [1.165, 1.54) is 65.3 Å². The summed E-state index contributed by atoms with van der Waals surface area (Å²) in [7, 11) is 0. The van der Waals surface area contributed by atoms with Crippen LogP contribution in [0.5, 0.6) is 0 Å². The maximum absolute atomic E-state index is 2.81. The van der Waals surface area contributed by atoms with Crippen molar-refractivity contribution in [3.63, 3.8) is 0 Å². The fourth-order valence-electron chi connectivity index (χ4n) is 28.5. The second-order valence-corrected chi connectivity index (χ2v) is 46.2. The SMILES string of the molecule is CC1(C)CC(C)(C)c2c1cc1c(c2-c2cc3cc(-c4c5c(cc6c4C(C)(C)CC6(C)C)C(C)(C)CC5(C)C)cc4c5cc(-c6c7c(cc8c6C(C)(C)CC8(C)C)C(C)(C)CC7(C)C)cc6cc(-c7c8c(cc9c7C(C)(C)CC9(C)C)C(C)(C)CC8(C)C)cc(c(c2)c34)c65)C(C)(C)CC1(C)C. The summed E-state index contributed by atoms with van der Waals surface area (Å²) in [5, 5.41) is 11.3. The minimum Gasteiger partial charge on any atom is -0.0558 e. The van der Waals surface area contributed by atoms with Crippen LogP contribution in [0.2, 0.25) is 0 Å². The van der Waals surface area contributed by atoms with Gasteiger partial charge in [-0.05, 0) is 363 Å². The molecule has 9 aromatic carbocycles. The van der Waals surface area contributed by atoms with Crippen LogP contribution in [0, 0.1) is 0 Å². The van der Waals surface area contributed by atoms with Gasteiger partial charge in [-0.3, -0.25) is 0 Å². The van der Waals surface area contributed by atoms with Crippen molar-refractivity contribution >= 4 is 43.1 Å². The lowest BCUT2D eigenvalue weighted by Gasteiger charge is -2.32. The van der Waals surface area contributed by atoms with Gasteiger partial charge >= 0.3 is 0 Å². The van der Waals surface area contributed by atoms with Crippen LogP contribution in [0.4, 0.5) is 0 Å². The van der Waals surface area contributed by atoms with E-state index >= 15 is 0 Å². The molecule has 100 heavy (non-hydrogen) atoms. The van der Waals surface area contributed by atoms with Crippen molar-refractivity contribution in [3.05, 3.63) is 162 Å². The van der Waals surface area contributed by atoms with Gasteiger partial charge in [0.05, 0.1) is 0 Å². The molecule has 0 unspecified atom stereocenters. The second-order valence-electron chi connectivity index (χ2n) is 46.2. The molecule has 0 heterocycles. The molecule has 17 rings (SSSR count). The van der Waals surface area contributed by atoms with E-state index in [1.807, 2.05) is 0 Å². The number of hydrogen-bond acceptors (Lipinski definition) is 0. The monoisotopic (exact) mass is 1320 g/mol. The zero-order valence-corrected chi connectivity index (χ0v) is 68.6. The highest BCUT2D eigenvalue weighted by Gasteiger charge is 2.57. The van der Waals surface area contributed by atoms with Gasteiger partial charge in [0.15, 0.2) is 0 Å². The van der Waals surface area contributed by atoms with Crippen LogP contribution in [0.15, 0.2) is 72.8 Å². The Bertz CT molecular complexity index is 4410. The molecule has 0 radical (unpaired) electrons. The average Bonchev–Trinajstić information content (AvgIpc) is 1.40. The van der Waals surface area contributed by atoms with Gasteiger partial charge < -0.3 is 0 Å². The molecule has 9 aromatic rings. The number of hydrogen-bond donors (Lipinski definition) is 0. The molecular weight excluding hydrogens is 1200 g/mol. The fraction of sp³-hybridized carbons (Fsp3) is 0.560. The molecule has 0 aliphatic heterocycles. The molecule has 0 saturated heterocycles. The zero-order chi connectivity index (χ0) is 72.6. The normalized spacial score (nSPS) is 25.0. The van der Waals surface area contributed by atoms with Gasteiger partial charge in [0, 0.05) is 0 Å². The Balaban J connectivity index is 1.14. The molecule has 0 aromatic heterocycles. The van der Waals surface area contributed by atoms with E-state index in [1.54, 1.807) is 111 Å². The summed E-state index contributed by atoms with van der Waals surface area (Å²) in [4.78, 5) is 0. The van der Waals surface area contributed by atoms with Gasteiger partial charge in [0.2, 0.25) is 0 Å². The summed E-state index contributed by atoms with van der Waals surface area (Å²) in [5.41, 5.74) is 37.1. The zero-order valence-electron chi connectivity index (χ0n) is 68.6. The van der Waals surface area contributed by atoms with Crippen molar-refractivity contribution in [2.75, 3.05) is 0 Å². The van der Waals surface area contributed by atoms with Gasteiger partial charge in [-0.2, -0.15) is 0 Å². The molecule has 0 fully saturated rings. The predicted molar refractivity (Wildman–Crippen MR) is 435 cm³/mol. The van der Waals surface area contributed by atoms with Gasteiger partial charge in [0.1, 0.15) is 0 Å². The number of rotatable bonds is 4. The fourth-order valence-corrected chi connectivity index (χ4v) is 28.5. The number of fused-ring (bicyclic) bond motifs is 10. The van der Waals surface area contributed by atoms with Gasteiger partial charge in [-0.1, -0.05) is 246 Å². The van der Waals surface area contributed by atoms with Crippen molar-refractivity contribution < 1.29 is 0 Å². The van der Waals surface area contributed by atoms with E-state index in [9.17, 15) is 0 Å². The van der Waals surface area contributed by atoms with Crippen molar-refractivity contribution in [3.8, 4) is 44.5 Å². The van der Waals surface area contributed by atoms with E-state index in [0.717, 1.165) is 51.4 Å². The molecule has 524 valence electrons. The first-order valence-corrected chi connectivity index (χ1v) is 39.6. The highest BCUT2D eigenvalue weighted by molar-refractivity contribution is 6.35. The van der Waals surface area contributed by atoms with Crippen LogP contribution in [-0.4, -0.2) is 0 Å². The van der Waals surface area contributed by atoms with Crippen molar-refractivity contribution in [2.45, 2.75) is 360 Å². The predicted octanol–water partition coefficient (Wildman–Crippen LogP) is 28.1. The number of benzene rings is 9. The molecule has 0 bridgehead atoms. The standard InChI is InChI=1S/C100H124/c1-85(2)45-93(17,18)77-63(85)41-64-78(94(19,20)46-86(64,3)4)73(77)55-33-53-34-56(74-79-65(87(5,6)47-95(79,21)22)42-66-80(74)96(23,24)48-88(66,7)8)39-61-62-40-58(76-83-69(91(13,14)51-99(83,29)30)44-70-84(76)100(31,32)52-92(70,15)16)36-54-35-57(38-60(72(54)62)59(37-55)71(53)61)75-81-67(89(9,10)49-97(81,25)26)43-68-82(75)98(27,28)50-90(68,11)12/h33-44H,45-52H2,1-32H3. The highest BCUT2D eigenvalue weighted by Crippen LogP contribution is 2.68. The molecule has 8 aliphatic carbocycles. The van der Waals surface area contributed by atoms with Gasteiger partial charge in [-0.25, -0.2) is 0 Å². The summed E-state index contributed by atoms with van der Waals surface area (Å²) in [6, 6.07) is 33.3. The van der Waals surface area contributed by atoms with Gasteiger partial charge in [0.25, 0.3) is 0 Å². The first kappa shape index (κ1) is 67.5. The Morgan fingerprint density at radius 1 is 0.160 bits per heavy atom. The van der Waals surface area contributed by atoms with E-state index in [0.29, 0.717) is 0 Å². The van der Waals surface area contributed by atoms with E-state index in [2.05, 4.69) is 294 Å². The Kier molecular flexibility index (Phi) is 12.6. The topological polar surface area (TPSA) is 0 Å². The highest BCUT2D eigenvalue weighted by atomic mass is 14.6. The molecule has 0 heteroatoms.